The van der Waals surface area contributed by atoms with Gasteiger partial charge in [0, 0.05) is 6.54 Å². The van der Waals surface area contributed by atoms with Gasteiger partial charge in [0.2, 0.25) is 0 Å². The van der Waals surface area contributed by atoms with Crippen LogP contribution < -0.4 is 5.73 Å². The van der Waals surface area contributed by atoms with Gasteiger partial charge in [-0.1, -0.05) is 13.8 Å². The Morgan fingerprint density at radius 2 is 2.00 bits per heavy atom. The largest absolute Gasteiger partial charge is 0.464 e. The Balaban J connectivity index is 3.61. The van der Waals surface area contributed by atoms with Gasteiger partial charge in [-0.15, -0.1) is 0 Å². The SMILES string of the molecule is CCC(CC)C(=O)OCCN. The lowest BCUT2D eigenvalue weighted by atomic mass is 10.0. The van der Waals surface area contributed by atoms with Gasteiger partial charge >= 0.3 is 5.97 Å². The van der Waals surface area contributed by atoms with E-state index in [9.17, 15) is 4.79 Å². The van der Waals surface area contributed by atoms with E-state index >= 15 is 0 Å². The van der Waals surface area contributed by atoms with Crippen LogP contribution in [0.15, 0.2) is 0 Å². The Morgan fingerprint density at radius 1 is 1.45 bits per heavy atom. The summed E-state index contributed by atoms with van der Waals surface area (Å²) in [4.78, 5) is 11.1. The summed E-state index contributed by atoms with van der Waals surface area (Å²) in [5.74, 6) is -0.0537. The molecule has 0 aromatic heterocycles. The quantitative estimate of drug-likeness (QED) is 0.607. The third-order valence-electron chi connectivity index (χ3n) is 1.68. The first-order valence-corrected chi connectivity index (χ1v) is 4.12. The third kappa shape index (κ3) is 3.98. The predicted molar refractivity (Wildman–Crippen MR) is 44.1 cm³/mol. The van der Waals surface area contributed by atoms with Crippen molar-refractivity contribution in [2.24, 2.45) is 11.7 Å². The molecule has 0 rings (SSSR count). The highest BCUT2D eigenvalue weighted by Gasteiger charge is 2.14. The Hall–Kier alpha value is -0.570. The molecule has 0 saturated heterocycles. The summed E-state index contributed by atoms with van der Waals surface area (Å²) in [6.45, 7) is 4.72. The smallest absolute Gasteiger partial charge is 0.308 e. The van der Waals surface area contributed by atoms with Crippen molar-refractivity contribution in [2.75, 3.05) is 13.2 Å². The number of carbonyl (C=O) groups excluding carboxylic acids is 1. The van der Waals surface area contributed by atoms with E-state index in [1.54, 1.807) is 0 Å². The van der Waals surface area contributed by atoms with Crippen molar-refractivity contribution in [3.8, 4) is 0 Å². The molecule has 0 spiro atoms. The Bertz CT molecular complexity index is 111. The summed E-state index contributed by atoms with van der Waals surface area (Å²) >= 11 is 0. The number of hydrogen-bond acceptors (Lipinski definition) is 3. The van der Waals surface area contributed by atoms with Crippen LogP contribution in [0.5, 0.6) is 0 Å². The topological polar surface area (TPSA) is 52.3 Å². The second kappa shape index (κ2) is 6.16. The van der Waals surface area contributed by atoms with Crippen LogP contribution in [-0.2, 0) is 9.53 Å². The number of carbonyl (C=O) groups is 1. The summed E-state index contributed by atoms with van der Waals surface area (Å²) in [5.41, 5.74) is 5.18. The van der Waals surface area contributed by atoms with Crippen molar-refractivity contribution in [2.45, 2.75) is 26.7 Å². The molecule has 0 saturated carbocycles. The summed E-state index contributed by atoms with van der Waals surface area (Å²) in [7, 11) is 0. The van der Waals surface area contributed by atoms with Crippen LogP contribution in [0.3, 0.4) is 0 Å². The Kier molecular flexibility index (Phi) is 5.84. The Morgan fingerprint density at radius 3 is 2.36 bits per heavy atom. The van der Waals surface area contributed by atoms with Crippen LogP contribution in [0.25, 0.3) is 0 Å². The maximum absolute atomic E-state index is 11.1. The van der Waals surface area contributed by atoms with Gasteiger partial charge in [0.15, 0.2) is 0 Å². The summed E-state index contributed by atoms with van der Waals surface area (Å²) in [6.07, 6.45) is 1.69. The number of hydrogen-bond donors (Lipinski definition) is 1. The highest BCUT2D eigenvalue weighted by molar-refractivity contribution is 5.72. The van der Waals surface area contributed by atoms with E-state index in [1.807, 2.05) is 13.8 Å². The summed E-state index contributed by atoms with van der Waals surface area (Å²) in [5, 5.41) is 0. The summed E-state index contributed by atoms with van der Waals surface area (Å²) < 4.78 is 4.87. The molecule has 3 nitrogen and oxygen atoms in total. The van der Waals surface area contributed by atoms with Gasteiger partial charge in [0.05, 0.1) is 5.92 Å². The first-order chi connectivity index (χ1) is 5.26. The first kappa shape index (κ1) is 10.4. The first-order valence-electron chi connectivity index (χ1n) is 4.12. The zero-order valence-corrected chi connectivity index (χ0v) is 7.30. The highest BCUT2D eigenvalue weighted by atomic mass is 16.5. The third-order valence-corrected chi connectivity index (χ3v) is 1.68. The van der Waals surface area contributed by atoms with Crippen molar-refractivity contribution >= 4 is 5.97 Å². The molecule has 2 N–H and O–H groups in total. The molecule has 0 aliphatic heterocycles. The van der Waals surface area contributed by atoms with Gasteiger partial charge in [-0.3, -0.25) is 4.79 Å². The normalized spacial score (nSPS) is 10.2. The van der Waals surface area contributed by atoms with Crippen molar-refractivity contribution in [1.82, 2.24) is 0 Å². The molecular weight excluding hydrogens is 142 g/mol. The molecule has 66 valence electrons. The molecule has 0 aliphatic rings. The molecule has 0 bridgehead atoms. The van der Waals surface area contributed by atoms with E-state index in [4.69, 9.17) is 10.5 Å². The van der Waals surface area contributed by atoms with E-state index < -0.39 is 0 Å². The van der Waals surface area contributed by atoms with Gasteiger partial charge in [-0.05, 0) is 12.8 Å². The average molecular weight is 159 g/mol. The van der Waals surface area contributed by atoms with Crippen molar-refractivity contribution in [3.05, 3.63) is 0 Å². The predicted octanol–water partition coefficient (Wildman–Crippen LogP) is 0.924. The zero-order valence-electron chi connectivity index (χ0n) is 7.30. The average Bonchev–Trinajstić information content (AvgIpc) is 2.03. The lowest BCUT2D eigenvalue weighted by molar-refractivity contribution is -0.148. The molecule has 0 radical (unpaired) electrons. The van der Waals surface area contributed by atoms with Crippen LogP contribution in [0, 0.1) is 5.92 Å². The number of rotatable bonds is 5. The summed E-state index contributed by atoms with van der Waals surface area (Å²) in [6, 6.07) is 0. The van der Waals surface area contributed by atoms with Crippen LogP contribution in [0.4, 0.5) is 0 Å². The maximum Gasteiger partial charge on any atom is 0.308 e. The van der Waals surface area contributed by atoms with E-state index in [0.717, 1.165) is 12.8 Å². The number of ether oxygens (including phenoxy) is 1. The standard InChI is InChI=1S/C8H17NO2/c1-3-7(4-2)8(10)11-6-5-9/h7H,3-6,9H2,1-2H3. The maximum atomic E-state index is 11.1. The van der Waals surface area contributed by atoms with Crippen LogP contribution in [-0.4, -0.2) is 19.1 Å². The fraction of sp³-hybridized carbons (Fsp3) is 0.875. The second-order valence-corrected chi connectivity index (χ2v) is 2.47. The van der Waals surface area contributed by atoms with E-state index in [1.165, 1.54) is 0 Å². The zero-order chi connectivity index (χ0) is 8.69. The van der Waals surface area contributed by atoms with Gasteiger partial charge in [-0.2, -0.15) is 0 Å². The number of nitrogens with two attached hydrogens (primary N) is 1. The van der Waals surface area contributed by atoms with Gasteiger partial charge < -0.3 is 10.5 Å². The van der Waals surface area contributed by atoms with Gasteiger partial charge in [-0.25, -0.2) is 0 Å². The van der Waals surface area contributed by atoms with Crippen LogP contribution in [0.1, 0.15) is 26.7 Å². The molecule has 0 aromatic rings. The second-order valence-electron chi connectivity index (χ2n) is 2.47. The van der Waals surface area contributed by atoms with Crippen molar-refractivity contribution in [3.63, 3.8) is 0 Å². The van der Waals surface area contributed by atoms with Gasteiger partial charge in [0.1, 0.15) is 6.61 Å². The molecular formula is C8H17NO2. The van der Waals surface area contributed by atoms with Gasteiger partial charge in [0.25, 0.3) is 0 Å². The molecule has 11 heavy (non-hydrogen) atoms. The minimum Gasteiger partial charge on any atom is -0.464 e. The monoisotopic (exact) mass is 159 g/mol. The van der Waals surface area contributed by atoms with Crippen LogP contribution >= 0.6 is 0 Å². The molecule has 0 aliphatic carbocycles. The molecule has 0 amide bonds. The molecule has 0 unspecified atom stereocenters. The van der Waals surface area contributed by atoms with Crippen LogP contribution in [0.2, 0.25) is 0 Å². The fourth-order valence-corrected chi connectivity index (χ4v) is 0.899. The molecule has 3 heteroatoms. The molecule has 0 fully saturated rings. The molecule has 0 aromatic carbocycles. The molecule has 0 heterocycles. The Labute approximate surface area is 67.9 Å². The lowest BCUT2D eigenvalue weighted by Gasteiger charge is -2.10. The van der Waals surface area contributed by atoms with E-state index in [0.29, 0.717) is 13.2 Å². The van der Waals surface area contributed by atoms with Crippen molar-refractivity contribution < 1.29 is 9.53 Å². The minimum atomic E-state index is -0.111. The van der Waals surface area contributed by atoms with E-state index in [2.05, 4.69) is 0 Å². The highest BCUT2D eigenvalue weighted by Crippen LogP contribution is 2.08. The minimum absolute atomic E-state index is 0.0570. The fourth-order valence-electron chi connectivity index (χ4n) is 0.899. The van der Waals surface area contributed by atoms with E-state index in [-0.39, 0.29) is 11.9 Å². The van der Waals surface area contributed by atoms with Crippen molar-refractivity contribution in [1.29, 1.82) is 0 Å². The molecule has 0 atom stereocenters. The lowest BCUT2D eigenvalue weighted by Crippen LogP contribution is -2.20. The number of esters is 1.